The number of rotatable bonds is 6. The van der Waals surface area contributed by atoms with E-state index >= 15 is 0 Å². The van der Waals surface area contributed by atoms with E-state index in [0.717, 1.165) is 70.3 Å². The van der Waals surface area contributed by atoms with Gasteiger partial charge in [0.15, 0.2) is 0 Å². The number of fused-ring (bicyclic) bond motifs is 2. The lowest BCUT2D eigenvalue weighted by Gasteiger charge is -2.38. The first-order valence-electron chi connectivity index (χ1n) is 13.4. The maximum absolute atomic E-state index is 14.0. The average molecular weight is 535 g/mol. The summed E-state index contributed by atoms with van der Waals surface area (Å²) >= 11 is 1.80. The highest BCUT2D eigenvalue weighted by Crippen LogP contribution is 2.32. The van der Waals surface area contributed by atoms with Crippen molar-refractivity contribution in [3.63, 3.8) is 0 Å². The van der Waals surface area contributed by atoms with Crippen molar-refractivity contribution in [1.82, 2.24) is 14.2 Å². The molecule has 0 aliphatic carbocycles. The maximum Gasteiger partial charge on any atom is 0.243 e. The summed E-state index contributed by atoms with van der Waals surface area (Å²) in [6.45, 7) is 5.56. The predicted molar refractivity (Wildman–Crippen MR) is 153 cm³/mol. The Hall–Kier alpha value is -2.52. The molecule has 2 fully saturated rings. The van der Waals surface area contributed by atoms with Crippen LogP contribution in [0.25, 0.3) is 21.0 Å². The van der Waals surface area contributed by atoms with Gasteiger partial charge in [-0.25, -0.2) is 8.42 Å². The molecule has 0 N–H and O–H groups in total. The largest absolute Gasteiger partial charge is 0.368 e. The van der Waals surface area contributed by atoms with Crippen LogP contribution in [0.4, 0.5) is 5.69 Å². The van der Waals surface area contributed by atoms with E-state index in [4.69, 9.17) is 0 Å². The molecule has 0 saturated carbocycles. The van der Waals surface area contributed by atoms with Crippen LogP contribution in [0.3, 0.4) is 0 Å². The molecule has 4 aromatic rings. The van der Waals surface area contributed by atoms with Gasteiger partial charge in [-0.05, 0) is 73.7 Å². The topological polar surface area (TPSA) is 56.8 Å². The summed E-state index contributed by atoms with van der Waals surface area (Å²) in [7, 11) is -3.61. The lowest BCUT2D eigenvalue weighted by molar-refractivity contribution is 0.218. The first-order valence-corrected chi connectivity index (χ1v) is 15.7. The van der Waals surface area contributed by atoms with Crippen molar-refractivity contribution in [1.29, 1.82) is 0 Å². The van der Waals surface area contributed by atoms with Gasteiger partial charge < -0.3 is 4.90 Å². The van der Waals surface area contributed by atoms with Crippen molar-refractivity contribution in [3.05, 3.63) is 66.2 Å². The number of thiophene rings is 1. The van der Waals surface area contributed by atoms with E-state index in [2.05, 4.69) is 44.4 Å². The summed E-state index contributed by atoms with van der Waals surface area (Å²) in [5, 5.41) is 4.24. The van der Waals surface area contributed by atoms with Gasteiger partial charge in [-0.2, -0.15) is 4.31 Å². The molecule has 0 spiro atoms. The number of benzene rings is 2. The Kier molecular flexibility index (Phi) is 7.16. The van der Waals surface area contributed by atoms with E-state index in [1.54, 1.807) is 23.6 Å². The van der Waals surface area contributed by atoms with Crippen molar-refractivity contribution in [3.8, 4) is 0 Å². The summed E-state index contributed by atoms with van der Waals surface area (Å²) in [5.41, 5.74) is 2.06. The van der Waals surface area contributed by atoms with Gasteiger partial charge >= 0.3 is 0 Å². The van der Waals surface area contributed by atoms with Crippen LogP contribution in [-0.2, 0) is 10.0 Å². The number of hydrogen-bond donors (Lipinski definition) is 0. The fourth-order valence-electron chi connectivity index (χ4n) is 5.98. The zero-order valence-electron chi connectivity index (χ0n) is 21.1. The van der Waals surface area contributed by atoms with E-state index in [1.165, 1.54) is 15.8 Å². The molecule has 194 valence electrons. The standard InChI is InChI=1S/C29H34N4O2S2/c34-37(35,29-12-4-9-26-24(29)8-6-15-30-26)33-16-3-1-2-7-23(33)13-17-31-18-20-32(21-19-31)27-10-5-11-28-25(27)14-22-36-28/h4-6,8-12,14-15,22-23H,1-3,7,13,16-21H2/t23-/m1/s1. The fraction of sp³-hybridized carbons (Fsp3) is 0.414. The van der Waals surface area contributed by atoms with Crippen molar-refractivity contribution in [2.45, 2.75) is 43.0 Å². The van der Waals surface area contributed by atoms with E-state index in [-0.39, 0.29) is 6.04 Å². The van der Waals surface area contributed by atoms with Gasteiger partial charge in [0.05, 0.1) is 10.4 Å². The Balaban J connectivity index is 1.14. The smallest absolute Gasteiger partial charge is 0.243 e. The number of hydrogen-bond acceptors (Lipinski definition) is 6. The normalized spacial score (nSPS) is 20.4. The summed E-state index contributed by atoms with van der Waals surface area (Å²) in [6.07, 6.45) is 6.63. The second-order valence-electron chi connectivity index (χ2n) is 10.2. The van der Waals surface area contributed by atoms with E-state index in [0.29, 0.717) is 16.8 Å². The van der Waals surface area contributed by atoms with Crippen molar-refractivity contribution < 1.29 is 8.42 Å². The molecule has 4 heterocycles. The van der Waals surface area contributed by atoms with Crippen molar-refractivity contribution in [2.75, 3.05) is 44.2 Å². The molecule has 0 bridgehead atoms. The third-order valence-electron chi connectivity index (χ3n) is 7.98. The van der Waals surface area contributed by atoms with Crippen molar-refractivity contribution in [2.24, 2.45) is 0 Å². The molecule has 0 radical (unpaired) electrons. The second-order valence-corrected chi connectivity index (χ2v) is 13.0. The lowest BCUT2D eigenvalue weighted by atomic mass is 10.1. The molecule has 0 amide bonds. The Morgan fingerprint density at radius 3 is 2.62 bits per heavy atom. The summed E-state index contributed by atoms with van der Waals surface area (Å²) in [4.78, 5) is 9.79. The summed E-state index contributed by atoms with van der Waals surface area (Å²) in [5.74, 6) is 0. The Morgan fingerprint density at radius 2 is 1.73 bits per heavy atom. The first-order chi connectivity index (χ1) is 18.1. The number of aromatic nitrogens is 1. The van der Waals surface area contributed by atoms with Crippen LogP contribution in [-0.4, -0.2) is 67.9 Å². The van der Waals surface area contributed by atoms with Crippen LogP contribution < -0.4 is 4.90 Å². The molecule has 0 unspecified atom stereocenters. The monoisotopic (exact) mass is 534 g/mol. The lowest BCUT2D eigenvalue weighted by Crippen LogP contribution is -2.48. The second kappa shape index (κ2) is 10.7. The number of sulfonamides is 1. The highest BCUT2D eigenvalue weighted by molar-refractivity contribution is 7.89. The molecule has 37 heavy (non-hydrogen) atoms. The van der Waals surface area contributed by atoms with Crippen LogP contribution in [0.5, 0.6) is 0 Å². The van der Waals surface area contributed by atoms with Gasteiger partial charge in [0.2, 0.25) is 10.0 Å². The summed E-state index contributed by atoms with van der Waals surface area (Å²) in [6, 6.07) is 18.0. The van der Waals surface area contributed by atoms with Crippen LogP contribution in [0.15, 0.2) is 71.1 Å². The Morgan fingerprint density at radius 1 is 0.865 bits per heavy atom. The molecule has 8 heteroatoms. The molecule has 2 aliphatic rings. The Bertz CT molecular complexity index is 1470. The van der Waals surface area contributed by atoms with Gasteiger partial charge in [-0.1, -0.05) is 25.0 Å². The van der Waals surface area contributed by atoms with Gasteiger partial charge in [0, 0.05) is 66.1 Å². The number of anilines is 1. The molecule has 6 rings (SSSR count). The van der Waals surface area contributed by atoms with Crippen LogP contribution >= 0.6 is 11.3 Å². The molecule has 1 atom stereocenters. The number of pyridine rings is 1. The highest BCUT2D eigenvalue weighted by atomic mass is 32.2. The number of piperazine rings is 1. The maximum atomic E-state index is 14.0. The van der Waals surface area contributed by atoms with Crippen LogP contribution in [0.2, 0.25) is 0 Å². The van der Waals surface area contributed by atoms with Crippen molar-refractivity contribution >= 4 is 48.0 Å². The van der Waals surface area contributed by atoms with E-state index in [9.17, 15) is 8.42 Å². The van der Waals surface area contributed by atoms with E-state index in [1.807, 2.05) is 28.6 Å². The predicted octanol–water partition coefficient (Wildman–Crippen LogP) is 5.60. The quantitative estimate of drug-likeness (QED) is 0.323. The van der Waals surface area contributed by atoms with Gasteiger partial charge in [0.1, 0.15) is 0 Å². The first kappa shape index (κ1) is 24.8. The minimum atomic E-state index is -3.61. The molecule has 2 aromatic heterocycles. The minimum absolute atomic E-state index is 0.0389. The average Bonchev–Trinajstić information content (AvgIpc) is 3.29. The molecular weight excluding hydrogens is 500 g/mol. The van der Waals surface area contributed by atoms with Crippen LogP contribution in [0, 0.1) is 0 Å². The fourth-order valence-corrected chi connectivity index (χ4v) is 8.71. The Labute approximate surface area is 223 Å². The summed E-state index contributed by atoms with van der Waals surface area (Å²) < 4.78 is 31.1. The van der Waals surface area contributed by atoms with Gasteiger partial charge in [0.25, 0.3) is 0 Å². The molecule has 6 nitrogen and oxygen atoms in total. The molecule has 2 aliphatic heterocycles. The molecular formula is C29H34N4O2S2. The van der Waals surface area contributed by atoms with Gasteiger partial charge in [-0.3, -0.25) is 9.88 Å². The van der Waals surface area contributed by atoms with E-state index < -0.39 is 10.0 Å². The third kappa shape index (κ3) is 5.00. The molecule has 2 saturated heterocycles. The SMILES string of the molecule is O=S(=O)(c1cccc2ncccc12)N1CCCCC[C@@H]1CCN1CCN(c2cccc3sccc23)CC1. The third-order valence-corrected chi connectivity index (χ3v) is 10.9. The highest BCUT2D eigenvalue weighted by Gasteiger charge is 2.34. The van der Waals surface area contributed by atoms with Gasteiger partial charge in [-0.15, -0.1) is 11.3 Å². The van der Waals surface area contributed by atoms with Crippen LogP contribution in [0.1, 0.15) is 32.1 Å². The number of nitrogens with zero attached hydrogens (tertiary/aromatic N) is 4. The minimum Gasteiger partial charge on any atom is -0.368 e. The zero-order chi connectivity index (χ0) is 25.2. The zero-order valence-corrected chi connectivity index (χ0v) is 22.8. The molecule has 2 aromatic carbocycles.